The Morgan fingerprint density at radius 1 is 1.15 bits per heavy atom. The van der Waals surface area contributed by atoms with Gasteiger partial charge in [-0.3, -0.25) is 4.79 Å². The molecule has 2 aliphatic heterocycles. The van der Waals surface area contributed by atoms with Crippen LogP contribution < -0.4 is 20.5 Å². The van der Waals surface area contributed by atoms with Gasteiger partial charge in [-0.15, -0.1) is 0 Å². The van der Waals surface area contributed by atoms with Crippen molar-refractivity contribution in [2.75, 3.05) is 25.2 Å². The van der Waals surface area contributed by atoms with Crippen LogP contribution in [0.1, 0.15) is 23.2 Å². The molecule has 1 spiro atoms. The van der Waals surface area contributed by atoms with Gasteiger partial charge in [0.05, 0.1) is 18.4 Å². The van der Waals surface area contributed by atoms with Gasteiger partial charge in [0.1, 0.15) is 5.66 Å². The van der Waals surface area contributed by atoms with E-state index in [0.29, 0.717) is 37.4 Å². The monoisotopic (exact) mass is 367 g/mol. The van der Waals surface area contributed by atoms with Crippen LogP contribution >= 0.6 is 0 Å². The van der Waals surface area contributed by atoms with Crippen molar-refractivity contribution >= 4 is 17.6 Å². The van der Waals surface area contributed by atoms with Crippen LogP contribution in [0.15, 0.2) is 48.7 Å². The molecule has 3 amide bonds. The number of benzene rings is 1. The summed E-state index contributed by atoms with van der Waals surface area (Å²) in [6.07, 6.45) is 2.77. The van der Waals surface area contributed by atoms with Gasteiger partial charge in [0.25, 0.3) is 5.91 Å². The zero-order valence-electron chi connectivity index (χ0n) is 15.0. The van der Waals surface area contributed by atoms with E-state index >= 15 is 0 Å². The minimum Gasteiger partial charge on any atom is -0.481 e. The number of aromatic nitrogens is 1. The molecule has 2 fully saturated rings. The Kier molecular flexibility index (Phi) is 4.41. The first kappa shape index (κ1) is 17.3. The lowest BCUT2D eigenvalue weighted by molar-refractivity contribution is 0.0640. The molecular formula is C19H21N5O3. The molecule has 2 saturated heterocycles. The Labute approximate surface area is 157 Å². The summed E-state index contributed by atoms with van der Waals surface area (Å²) in [6, 6.07) is 12.6. The van der Waals surface area contributed by atoms with Gasteiger partial charge >= 0.3 is 6.03 Å². The third-order valence-electron chi connectivity index (χ3n) is 4.99. The number of para-hydroxylation sites is 1. The fourth-order valence-electron chi connectivity index (χ4n) is 3.45. The van der Waals surface area contributed by atoms with Gasteiger partial charge in [-0.05, 0) is 18.2 Å². The van der Waals surface area contributed by atoms with Crippen molar-refractivity contribution in [3.05, 3.63) is 54.2 Å². The van der Waals surface area contributed by atoms with Crippen molar-refractivity contribution in [2.24, 2.45) is 0 Å². The van der Waals surface area contributed by atoms with Crippen LogP contribution in [0.25, 0.3) is 0 Å². The summed E-state index contributed by atoms with van der Waals surface area (Å²) < 4.78 is 5.03. The van der Waals surface area contributed by atoms with Crippen LogP contribution in [0.2, 0.25) is 0 Å². The van der Waals surface area contributed by atoms with Gasteiger partial charge in [0.2, 0.25) is 5.88 Å². The van der Waals surface area contributed by atoms with E-state index in [2.05, 4.69) is 15.7 Å². The van der Waals surface area contributed by atoms with E-state index in [-0.39, 0.29) is 11.9 Å². The Morgan fingerprint density at radius 2 is 1.89 bits per heavy atom. The number of anilines is 1. The largest absolute Gasteiger partial charge is 0.481 e. The topological polar surface area (TPSA) is 86.8 Å². The Bertz CT molecular complexity index is 832. The lowest BCUT2D eigenvalue weighted by atomic mass is 9.97. The minimum atomic E-state index is -0.526. The van der Waals surface area contributed by atoms with Crippen LogP contribution in [0, 0.1) is 0 Å². The summed E-state index contributed by atoms with van der Waals surface area (Å²) in [7, 11) is 1.54. The van der Waals surface area contributed by atoms with Gasteiger partial charge < -0.3 is 15.0 Å². The molecule has 3 heterocycles. The van der Waals surface area contributed by atoms with Crippen molar-refractivity contribution < 1.29 is 14.3 Å². The smallest absolute Gasteiger partial charge is 0.338 e. The summed E-state index contributed by atoms with van der Waals surface area (Å²) >= 11 is 0. The lowest BCUT2D eigenvalue weighted by Gasteiger charge is -2.38. The number of likely N-dealkylation sites (tertiary alicyclic amines) is 1. The molecule has 2 aliphatic rings. The first-order chi connectivity index (χ1) is 13.1. The summed E-state index contributed by atoms with van der Waals surface area (Å²) in [4.78, 5) is 31.0. The fraction of sp³-hybridized carbons (Fsp3) is 0.316. The molecule has 1 aromatic heterocycles. The number of piperidine rings is 1. The predicted molar refractivity (Wildman–Crippen MR) is 99.2 cm³/mol. The fourth-order valence-corrected chi connectivity index (χ4v) is 3.45. The molecule has 0 radical (unpaired) electrons. The summed E-state index contributed by atoms with van der Waals surface area (Å²) in [5, 5.41) is 4.57. The molecule has 8 nitrogen and oxygen atoms in total. The zero-order chi connectivity index (χ0) is 18.9. The minimum absolute atomic E-state index is 0.0655. The van der Waals surface area contributed by atoms with Gasteiger partial charge in [0.15, 0.2) is 0 Å². The number of urea groups is 1. The van der Waals surface area contributed by atoms with Gasteiger partial charge in [-0.25, -0.2) is 20.2 Å². The highest BCUT2D eigenvalue weighted by Crippen LogP contribution is 2.27. The van der Waals surface area contributed by atoms with Crippen molar-refractivity contribution in [3.63, 3.8) is 0 Å². The number of hydrazine groups is 1. The zero-order valence-corrected chi connectivity index (χ0v) is 15.0. The second kappa shape index (κ2) is 6.88. The molecule has 0 atom stereocenters. The molecule has 140 valence electrons. The number of ether oxygens (including phenoxy) is 1. The number of carbonyl (C=O) groups excluding carboxylic acids is 2. The molecule has 27 heavy (non-hydrogen) atoms. The van der Waals surface area contributed by atoms with E-state index in [9.17, 15) is 9.59 Å². The average Bonchev–Trinajstić information content (AvgIpc) is 3.04. The molecular weight excluding hydrogens is 346 g/mol. The van der Waals surface area contributed by atoms with E-state index in [0.717, 1.165) is 5.69 Å². The van der Waals surface area contributed by atoms with Gasteiger partial charge in [-0.2, -0.15) is 0 Å². The number of nitrogens with one attached hydrogen (secondary N) is 2. The number of rotatable bonds is 3. The second-order valence-electron chi connectivity index (χ2n) is 6.68. The molecule has 4 rings (SSSR count). The normalized spacial score (nSPS) is 18.5. The van der Waals surface area contributed by atoms with E-state index < -0.39 is 5.66 Å². The predicted octanol–water partition coefficient (Wildman–Crippen LogP) is 1.76. The third-order valence-corrected chi connectivity index (χ3v) is 4.99. The Hall–Kier alpha value is -3.13. The SMILES string of the molecule is COc1ccc(C(=O)N2CCC3(CC2)NC(=O)N(c2ccccc2)N3)cn1. The van der Waals surface area contributed by atoms with Crippen molar-refractivity contribution in [1.82, 2.24) is 20.6 Å². The number of methoxy groups -OCH3 is 1. The number of amides is 3. The third kappa shape index (κ3) is 3.31. The van der Waals surface area contributed by atoms with Crippen LogP contribution in [0.5, 0.6) is 5.88 Å². The molecule has 0 bridgehead atoms. The number of pyridine rings is 1. The number of carbonyl (C=O) groups is 2. The highest BCUT2D eigenvalue weighted by molar-refractivity contribution is 5.95. The van der Waals surface area contributed by atoms with Crippen LogP contribution in [-0.4, -0.2) is 47.7 Å². The maximum absolute atomic E-state index is 12.7. The highest BCUT2D eigenvalue weighted by atomic mass is 16.5. The quantitative estimate of drug-likeness (QED) is 0.863. The average molecular weight is 367 g/mol. The van der Waals surface area contributed by atoms with Crippen molar-refractivity contribution in [2.45, 2.75) is 18.5 Å². The van der Waals surface area contributed by atoms with Crippen LogP contribution in [-0.2, 0) is 0 Å². The standard InChI is InChI=1S/C19H21N5O3/c1-27-16-8-7-14(13-20-16)17(25)23-11-9-19(10-12-23)21-18(26)24(22-19)15-5-3-2-4-6-15/h2-8,13,22H,9-12H2,1H3,(H,21,26). The van der Waals surface area contributed by atoms with Crippen LogP contribution in [0.4, 0.5) is 10.5 Å². The van der Waals surface area contributed by atoms with Crippen LogP contribution in [0.3, 0.4) is 0 Å². The molecule has 0 aliphatic carbocycles. The van der Waals surface area contributed by atoms with Crippen molar-refractivity contribution in [1.29, 1.82) is 0 Å². The molecule has 2 N–H and O–H groups in total. The molecule has 8 heteroatoms. The number of nitrogens with zero attached hydrogens (tertiary/aromatic N) is 3. The summed E-state index contributed by atoms with van der Waals surface area (Å²) in [6.45, 7) is 1.08. The summed E-state index contributed by atoms with van der Waals surface area (Å²) in [5.74, 6) is 0.410. The van der Waals surface area contributed by atoms with Gasteiger partial charge in [0, 0.05) is 38.2 Å². The molecule has 0 saturated carbocycles. The first-order valence-corrected chi connectivity index (χ1v) is 8.85. The molecule has 1 aromatic carbocycles. The summed E-state index contributed by atoms with van der Waals surface area (Å²) in [5.41, 5.74) is 4.08. The second-order valence-corrected chi connectivity index (χ2v) is 6.68. The van der Waals surface area contributed by atoms with E-state index in [1.54, 1.807) is 17.0 Å². The number of hydrogen-bond acceptors (Lipinski definition) is 5. The van der Waals surface area contributed by atoms with E-state index in [4.69, 9.17) is 4.74 Å². The Morgan fingerprint density at radius 3 is 2.52 bits per heavy atom. The number of hydrogen-bond donors (Lipinski definition) is 2. The van der Waals surface area contributed by atoms with Crippen molar-refractivity contribution in [3.8, 4) is 5.88 Å². The van der Waals surface area contributed by atoms with E-state index in [1.807, 2.05) is 30.3 Å². The van der Waals surface area contributed by atoms with E-state index in [1.165, 1.54) is 18.3 Å². The highest BCUT2D eigenvalue weighted by Gasteiger charge is 2.45. The Balaban J connectivity index is 1.41. The first-order valence-electron chi connectivity index (χ1n) is 8.85. The van der Waals surface area contributed by atoms with Gasteiger partial charge in [-0.1, -0.05) is 18.2 Å². The molecule has 2 aromatic rings. The maximum atomic E-state index is 12.7. The molecule has 0 unspecified atom stereocenters. The lowest BCUT2D eigenvalue weighted by Crippen LogP contribution is -2.58. The maximum Gasteiger partial charge on any atom is 0.338 e.